The van der Waals surface area contributed by atoms with E-state index in [1.54, 1.807) is 0 Å². The molecule has 1 N–H and O–H groups in total. The quantitative estimate of drug-likeness (QED) is 0.826. The van der Waals surface area contributed by atoms with Crippen molar-refractivity contribution in [2.75, 3.05) is 18.5 Å². The highest BCUT2D eigenvalue weighted by molar-refractivity contribution is 5.93. The first kappa shape index (κ1) is 18.9. The molecule has 0 radical (unpaired) electrons. The van der Waals surface area contributed by atoms with Crippen LogP contribution in [-0.2, 0) is 15.7 Å². The number of amides is 2. The minimum Gasteiger partial charge on any atom is -0.447 e. The third kappa shape index (κ3) is 4.77. The Labute approximate surface area is 137 Å². The SMILES string of the molecule is O=C(CC(Nc1cccc(C(F)(F)F)c1)C(F)(F)F)N1CCOC1=O. The summed E-state index contributed by atoms with van der Waals surface area (Å²) in [6.07, 6.45) is -11.9. The summed E-state index contributed by atoms with van der Waals surface area (Å²) in [6.45, 7) is -0.298. The summed E-state index contributed by atoms with van der Waals surface area (Å²) in [5.41, 5.74) is -1.58. The zero-order valence-electron chi connectivity index (χ0n) is 12.4. The Morgan fingerprint density at radius 2 is 1.92 bits per heavy atom. The standard InChI is InChI=1S/C14H12F6N2O3/c15-13(16,17)8-2-1-3-9(6-8)21-10(14(18,19)20)7-11(23)22-4-5-25-12(22)24/h1-3,6,10,21H,4-5,7H2. The zero-order valence-corrected chi connectivity index (χ0v) is 12.4. The summed E-state index contributed by atoms with van der Waals surface area (Å²) in [5.74, 6) is -1.13. The number of rotatable bonds is 4. The van der Waals surface area contributed by atoms with Crippen LogP contribution in [-0.4, -0.2) is 42.3 Å². The maximum absolute atomic E-state index is 13.1. The Hall–Kier alpha value is -2.46. The van der Waals surface area contributed by atoms with Crippen LogP contribution in [0.3, 0.4) is 0 Å². The molecule has 0 bridgehead atoms. The Kier molecular flexibility index (Phi) is 5.14. The highest BCUT2D eigenvalue weighted by Gasteiger charge is 2.43. The van der Waals surface area contributed by atoms with E-state index in [2.05, 4.69) is 4.74 Å². The molecular weight excluding hydrogens is 358 g/mol. The Balaban J connectivity index is 2.16. The van der Waals surface area contributed by atoms with E-state index in [1.165, 1.54) is 0 Å². The van der Waals surface area contributed by atoms with Crippen molar-refractivity contribution in [1.29, 1.82) is 0 Å². The fraction of sp³-hybridized carbons (Fsp3) is 0.429. The van der Waals surface area contributed by atoms with Crippen molar-refractivity contribution in [2.45, 2.75) is 24.8 Å². The molecule has 0 aromatic heterocycles. The van der Waals surface area contributed by atoms with E-state index in [0.29, 0.717) is 17.0 Å². The number of nitrogens with one attached hydrogen (secondary N) is 1. The van der Waals surface area contributed by atoms with Crippen LogP contribution in [0.5, 0.6) is 0 Å². The van der Waals surface area contributed by atoms with Gasteiger partial charge in [0.15, 0.2) is 0 Å². The molecule has 138 valence electrons. The smallest absolute Gasteiger partial charge is 0.416 e. The van der Waals surface area contributed by atoms with E-state index in [-0.39, 0.29) is 13.2 Å². The largest absolute Gasteiger partial charge is 0.447 e. The van der Waals surface area contributed by atoms with E-state index >= 15 is 0 Å². The molecule has 0 aliphatic carbocycles. The second-order valence-electron chi connectivity index (χ2n) is 5.18. The number of carbonyl (C=O) groups is 2. The molecule has 2 rings (SSSR count). The number of carbonyl (C=O) groups excluding carboxylic acids is 2. The summed E-state index contributed by atoms with van der Waals surface area (Å²) in [4.78, 5) is 23.6. The molecule has 5 nitrogen and oxygen atoms in total. The van der Waals surface area contributed by atoms with E-state index in [9.17, 15) is 35.9 Å². The van der Waals surface area contributed by atoms with Crippen LogP contribution >= 0.6 is 0 Å². The van der Waals surface area contributed by atoms with Gasteiger partial charge in [-0.15, -0.1) is 0 Å². The molecule has 11 heteroatoms. The maximum Gasteiger partial charge on any atom is 0.416 e. The van der Waals surface area contributed by atoms with E-state index in [0.717, 1.165) is 12.1 Å². The first-order valence-electron chi connectivity index (χ1n) is 6.96. The molecule has 1 aromatic rings. The van der Waals surface area contributed by atoms with Gasteiger partial charge in [-0.05, 0) is 18.2 Å². The highest BCUT2D eigenvalue weighted by atomic mass is 19.4. The van der Waals surface area contributed by atoms with Crippen LogP contribution in [0.2, 0.25) is 0 Å². The molecule has 1 heterocycles. The molecular formula is C14H12F6N2O3. The number of cyclic esters (lactones) is 1. The Morgan fingerprint density at radius 3 is 2.44 bits per heavy atom. The number of nitrogens with zero attached hydrogens (tertiary/aromatic N) is 1. The number of halogens is 6. The molecule has 1 aliphatic rings. The van der Waals surface area contributed by atoms with Crippen molar-refractivity contribution in [2.24, 2.45) is 0 Å². The lowest BCUT2D eigenvalue weighted by Crippen LogP contribution is -2.42. The topological polar surface area (TPSA) is 58.6 Å². The first-order valence-corrected chi connectivity index (χ1v) is 6.96. The lowest BCUT2D eigenvalue weighted by molar-refractivity contribution is -0.153. The highest BCUT2D eigenvalue weighted by Crippen LogP contribution is 2.32. The van der Waals surface area contributed by atoms with Gasteiger partial charge in [-0.1, -0.05) is 6.07 Å². The van der Waals surface area contributed by atoms with Gasteiger partial charge in [0.2, 0.25) is 5.91 Å². The van der Waals surface area contributed by atoms with Gasteiger partial charge in [-0.2, -0.15) is 26.3 Å². The van der Waals surface area contributed by atoms with E-state index < -0.39 is 48.1 Å². The van der Waals surface area contributed by atoms with Gasteiger partial charge in [-0.25, -0.2) is 9.69 Å². The van der Waals surface area contributed by atoms with Crippen LogP contribution in [0.1, 0.15) is 12.0 Å². The van der Waals surface area contributed by atoms with Crippen molar-refractivity contribution in [1.82, 2.24) is 4.90 Å². The van der Waals surface area contributed by atoms with Crippen molar-refractivity contribution in [3.8, 4) is 0 Å². The molecule has 1 aliphatic heterocycles. The number of imide groups is 1. The molecule has 25 heavy (non-hydrogen) atoms. The number of ether oxygens (including phenoxy) is 1. The fourth-order valence-electron chi connectivity index (χ4n) is 2.14. The number of benzene rings is 1. The lowest BCUT2D eigenvalue weighted by Gasteiger charge is -2.24. The maximum atomic E-state index is 13.1. The molecule has 0 saturated carbocycles. The van der Waals surface area contributed by atoms with Crippen molar-refractivity contribution < 1.29 is 40.7 Å². The number of alkyl halides is 6. The molecule has 2 amide bonds. The third-order valence-corrected chi connectivity index (χ3v) is 3.37. The van der Waals surface area contributed by atoms with Crippen LogP contribution in [0.25, 0.3) is 0 Å². The van der Waals surface area contributed by atoms with Gasteiger partial charge in [0, 0.05) is 5.69 Å². The summed E-state index contributed by atoms with van der Waals surface area (Å²) in [7, 11) is 0. The second-order valence-corrected chi connectivity index (χ2v) is 5.18. The average molecular weight is 370 g/mol. The second kappa shape index (κ2) is 6.81. The molecule has 0 spiro atoms. The number of hydrogen-bond donors (Lipinski definition) is 1. The summed E-state index contributed by atoms with van der Waals surface area (Å²) in [5, 5.41) is 1.88. The van der Waals surface area contributed by atoms with E-state index in [1.807, 2.05) is 5.32 Å². The molecule has 1 unspecified atom stereocenters. The zero-order chi connectivity index (χ0) is 18.8. The van der Waals surface area contributed by atoms with Crippen molar-refractivity contribution >= 4 is 17.7 Å². The average Bonchev–Trinajstić information content (AvgIpc) is 2.91. The van der Waals surface area contributed by atoms with Crippen LogP contribution in [0.4, 0.5) is 36.8 Å². The summed E-state index contributed by atoms with van der Waals surface area (Å²) >= 11 is 0. The monoisotopic (exact) mass is 370 g/mol. The minimum absolute atomic E-state index is 0.123. The third-order valence-electron chi connectivity index (χ3n) is 3.37. The minimum atomic E-state index is -4.92. The first-order chi connectivity index (χ1) is 11.5. The number of anilines is 1. The fourth-order valence-corrected chi connectivity index (χ4v) is 2.14. The lowest BCUT2D eigenvalue weighted by atomic mass is 10.1. The van der Waals surface area contributed by atoms with E-state index in [4.69, 9.17) is 0 Å². The van der Waals surface area contributed by atoms with Gasteiger partial charge in [0.1, 0.15) is 12.6 Å². The molecule has 1 aromatic carbocycles. The van der Waals surface area contributed by atoms with Gasteiger partial charge < -0.3 is 10.1 Å². The van der Waals surface area contributed by atoms with Crippen LogP contribution < -0.4 is 5.32 Å². The predicted molar refractivity (Wildman–Crippen MR) is 72.6 cm³/mol. The molecule has 1 fully saturated rings. The van der Waals surface area contributed by atoms with Gasteiger partial charge >= 0.3 is 18.4 Å². The number of hydrogen-bond acceptors (Lipinski definition) is 4. The van der Waals surface area contributed by atoms with Crippen molar-refractivity contribution in [3.05, 3.63) is 29.8 Å². The predicted octanol–water partition coefficient (Wildman–Crippen LogP) is 3.42. The normalized spacial score (nSPS) is 16.6. The molecule has 1 saturated heterocycles. The van der Waals surface area contributed by atoms with Crippen molar-refractivity contribution in [3.63, 3.8) is 0 Å². The van der Waals surface area contributed by atoms with Gasteiger partial charge in [0.25, 0.3) is 0 Å². The Bertz CT molecular complexity index is 659. The Morgan fingerprint density at radius 1 is 1.24 bits per heavy atom. The van der Waals surface area contributed by atoms with Gasteiger partial charge in [0.05, 0.1) is 18.5 Å². The van der Waals surface area contributed by atoms with Crippen LogP contribution in [0.15, 0.2) is 24.3 Å². The summed E-state index contributed by atoms with van der Waals surface area (Å²) < 4.78 is 81.7. The molecule has 1 atom stereocenters. The van der Waals surface area contributed by atoms with Gasteiger partial charge in [-0.3, -0.25) is 4.79 Å². The summed E-state index contributed by atoms with van der Waals surface area (Å²) in [6, 6.07) is 0.713. The van der Waals surface area contributed by atoms with Crippen LogP contribution in [0, 0.1) is 0 Å².